The van der Waals surface area contributed by atoms with Crippen LogP contribution in [0.3, 0.4) is 0 Å². The van der Waals surface area contributed by atoms with Crippen LogP contribution >= 0.6 is 23.2 Å². The Labute approximate surface area is 219 Å². The van der Waals surface area contributed by atoms with E-state index in [1.807, 2.05) is 0 Å². The summed E-state index contributed by atoms with van der Waals surface area (Å²) in [5.74, 6) is 1.99. The summed E-state index contributed by atoms with van der Waals surface area (Å²) in [5, 5.41) is -0.206. The summed E-state index contributed by atoms with van der Waals surface area (Å²) in [6.07, 6.45) is 26.8. The van der Waals surface area contributed by atoms with Crippen molar-refractivity contribution in [2.75, 3.05) is 0 Å². The molecule has 4 atom stereocenters. The minimum atomic E-state index is -0.104. The Morgan fingerprint density at radius 2 is 0.676 bits per heavy atom. The van der Waals surface area contributed by atoms with E-state index in [9.17, 15) is 9.59 Å². The van der Waals surface area contributed by atoms with Gasteiger partial charge in [-0.3, -0.25) is 9.59 Å². The topological polar surface area (TPSA) is 34.1 Å². The molecule has 3 saturated carbocycles. The van der Waals surface area contributed by atoms with E-state index in [0.717, 1.165) is 38.5 Å². The fourth-order valence-electron chi connectivity index (χ4n) is 7.85. The van der Waals surface area contributed by atoms with Crippen LogP contribution in [0.15, 0.2) is 0 Å². The predicted molar refractivity (Wildman–Crippen MR) is 144 cm³/mol. The van der Waals surface area contributed by atoms with E-state index < -0.39 is 0 Å². The molecule has 4 unspecified atom stereocenters. The summed E-state index contributed by atoms with van der Waals surface area (Å²) in [4.78, 5) is 25.4. The number of carbonyl (C=O) groups excluding carboxylic acids is 2. The summed E-state index contributed by atoms with van der Waals surface area (Å²) >= 11 is 12.6. The highest BCUT2D eigenvalue weighted by atomic mass is 35.5. The van der Waals surface area contributed by atoms with Crippen LogP contribution < -0.4 is 0 Å². The maximum Gasteiger partial charge on any atom is 0.225 e. The molecule has 3 rings (SSSR count). The van der Waals surface area contributed by atoms with E-state index >= 15 is 0 Å². The molecule has 0 aromatic heterocycles. The molecule has 3 aliphatic rings. The summed E-state index contributed by atoms with van der Waals surface area (Å²) in [6.45, 7) is 0. The zero-order chi connectivity index (χ0) is 24.2. The molecular weight excluding hydrogens is 463 g/mol. The van der Waals surface area contributed by atoms with Crippen LogP contribution in [-0.4, -0.2) is 10.5 Å². The molecule has 0 aliphatic heterocycles. The van der Waals surface area contributed by atoms with Gasteiger partial charge < -0.3 is 0 Å². The number of halogens is 2. The lowest BCUT2D eigenvalue weighted by Gasteiger charge is -2.37. The lowest BCUT2D eigenvalue weighted by atomic mass is 9.68. The van der Waals surface area contributed by atoms with Crippen molar-refractivity contribution in [3.63, 3.8) is 0 Å². The van der Waals surface area contributed by atoms with Gasteiger partial charge in [0.15, 0.2) is 0 Å². The first kappa shape index (κ1) is 28.5. The smallest absolute Gasteiger partial charge is 0.225 e. The molecule has 4 heteroatoms. The van der Waals surface area contributed by atoms with Gasteiger partial charge in [0.2, 0.25) is 10.5 Å². The van der Waals surface area contributed by atoms with Crippen LogP contribution in [0.5, 0.6) is 0 Å². The van der Waals surface area contributed by atoms with E-state index in [4.69, 9.17) is 23.2 Å². The van der Waals surface area contributed by atoms with Crippen molar-refractivity contribution >= 4 is 33.7 Å². The Bertz CT molecular complexity index is 589. The molecule has 0 aromatic rings. The lowest BCUT2D eigenvalue weighted by Crippen LogP contribution is -2.32. The molecule has 0 amide bonds. The largest absolute Gasteiger partial charge is 0.281 e. The Balaban J connectivity index is 1.73. The van der Waals surface area contributed by atoms with Crippen molar-refractivity contribution in [2.24, 2.45) is 35.5 Å². The molecule has 2 nitrogen and oxygen atoms in total. The molecule has 196 valence electrons. The predicted octanol–water partition coefficient (Wildman–Crippen LogP) is 9.84. The van der Waals surface area contributed by atoms with Crippen molar-refractivity contribution in [1.29, 1.82) is 0 Å². The average Bonchev–Trinajstić information content (AvgIpc) is 2.79. The third-order valence-electron chi connectivity index (χ3n) is 9.73. The number of hydrogen-bond donors (Lipinski definition) is 0. The van der Waals surface area contributed by atoms with Crippen molar-refractivity contribution in [3.8, 4) is 0 Å². The highest BCUT2D eigenvalue weighted by Gasteiger charge is 2.37. The van der Waals surface area contributed by atoms with Gasteiger partial charge in [0, 0.05) is 11.8 Å². The summed E-state index contributed by atoms with van der Waals surface area (Å²) in [5.41, 5.74) is 0. The molecule has 0 spiro atoms. The van der Waals surface area contributed by atoms with Crippen LogP contribution in [-0.2, 0) is 9.59 Å². The monoisotopic (exact) mass is 512 g/mol. The van der Waals surface area contributed by atoms with E-state index in [1.54, 1.807) is 0 Å². The van der Waals surface area contributed by atoms with Gasteiger partial charge in [-0.15, -0.1) is 0 Å². The molecule has 0 bridgehead atoms. The SMILES string of the molecule is O=C(Cl)C1CCCC(C2CCCCCCC2)C(C(=O)Cl)CCCC1C1CCCCCCCCC1. The van der Waals surface area contributed by atoms with Crippen LogP contribution in [0.25, 0.3) is 0 Å². The van der Waals surface area contributed by atoms with Crippen molar-refractivity contribution < 1.29 is 9.59 Å². The van der Waals surface area contributed by atoms with Gasteiger partial charge in [-0.1, -0.05) is 116 Å². The summed E-state index contributed by atoms with van der Waals surface area (Å²) < 4.78 is 0. The molecule has 34 heavy (non-hydrogen) atoms. The van der Waals surface area contributed by atoms with Gasteiger partial charge in [0.1, 0.15) is 0 Å². The first-order valence-electron chi connectivity index (χ1n) is 15.0. The molecule has 0 heterocycles. The number of carbonyl (C=O) groups is 2. The van der Waals surface area contributed by atoms with Crippen LogP contribution in [0.1, 0.15) is 141 Å². The van der Waals surface area contributed by atoms with E-state index in [1.165, 1.54) is 103 Å². The fraction of sp³-hybridized carbons (Fsp3) is 0.933. The fourth-order valence-corrected chi connectivity index (χ4v) is 8.40. The minimum Gasteiger partial charge on any atom is -0.281 e. The second kappa shape index (κ2) is 15.9. The van der Waals surface area contributed by atoms with Gasteiger partial charge in [-0.25, -0.2) is 0 Å². The van der Waals surface area contributed by atoms with Crippen LogP contribution in [0, 0.1) is 35.5 Å². The van der Waals surface area contributed by atoms with E-state index in [0.29, 0.717) is 23.7 Å². The second-order valence-electron chi connectivity index (χ2n) is 11.9. The molecule has 0 N–H and O–H groups in total. The molecule has 3 fully saturated rings. The summed E-state index contributed by atoms with van der Waals surface area (Å²) in [7, 11) is 0. The third kappa shape index (κ3) is 9.10. The number of rotatable bonds is 4. The second-order valence-corrected chi connectivity index (χ2v) is 12.7. The van der Waals surface area contributed by atoms with Crippen molar-refractivity contribution in [1.82, 2.24) is 0 Å². The van der Waals surface area contributed by atoms with Gasteiger partial charge >= 0.3 is 0 Å². The van der Waals surface area contributed by atoms with Crippen LogP contribution in [0.4, 0.5) is 0 Å². The Morgan fingerprint density at radius 3 is 0.971 bits per heavy atom. The molecule has 0 radical (unpaired) electrons. The average molecular weight is 514 g/mol. The normalized spacial score (nSPS) is 32.8. The molecular formula is C30H50Cl2O2. The first-order valence-corrected chi connectivity index (χ1v) is 15.7. The van der Waals surface area contributed by atoms with Gasteiger partial charge in [0.25, 0.3) is 0 Å². The Kier molecular flexibility index (Phi) is 13.3. The van der Waals surface area contributed by atoms with Gasteiger partial charge in [-0.2, -0.15) is 0 Å². The standard InChI is InChI=1S/C30H50Cl2O2/c31-29(33)27-21-14-20-26(24-17-11-7-4-8-12-18-24)28(30(32)34)22-13-19-25(27)23-15-9-5-2-1-3-6-10-16-23/h23-28H,1-22H2. The lowest BCUT2D eigenvalue weighted by molar-refractivity contribution is -0.120. The van der Waals surface area contributed by atoms with Crippen molar-refractivity contribution in [2.45, 2.75) is 141 Å². The minimum absolute atomic E-state index is 0.000887. The maximum absolute atomic E-state index is 12.7. The van der Waals surface area contributed by atoms with Crippen LogP contribution in [0.2, 0.25) is 0 Å². The van der Waals surface area contributed by atoms with E-state index in [2.05, 4.69) is 0 Å². The zero-order valence-electron chi connectivity index (χ0n) is 21.6. The summed E-state index contributed by atoms with van der Waals surface area (Å²) in [6, 6.07) is 0. The van der Waals surface area contributed by atoms with Crippen molar-refractivity contribution in [3.05, 3.63) is 0 Å². The quantitative estimate of drug-likeness (QED) is 0.351. The number of hydrogen-bond acceptors (Lipinski definition) is 2. The Hall–Kier alpha value is -0.0800. The molecule has 3 aliphatic carbocycles. The first-order chi connectivity index (χ1) is 16.6. The highest BCUT2D eigenvalue weighted by molar-refractivity contribution is 6.64. The Morgan fingerprint density at radius 1 is 0.382 bits per heavy atom. The van der Waals surface area contributed by atoms with Gasteiger partial charge in [-0.05, 0) is 72.6 Å². The van der Waals surface area contributed by atoms with E-state index in [-0.39, 0.29) is 22.3 Å². The highest BCUT2D eigenvalue weighted by Crippen LogP contribution is 2.44. The van der Waals surface area contributed by atoms with Gasteiger partial charge in [0.05, 0.1) is 0 Å². The molecule has 0 aromatic carbocycles. The molecule has 0 saturated heterocycles. The third-order valence-corrected chi connectivity index (χ3v) is 10.3. The zero-order valence-corrected chi connectivity index (χ0v) is 23.1. The maximum atomic E-state index is 12.7.